The first-order valence-electron chi connectivity index (χ1n) is 4.93. The standard InChI is InChI=1S/C10H15NO3/c1-2-14-10(12)9(7-11)8-3-5-13-6-4-8/h8-9H,2-6H2,1H3. The number of carbonyl (C=O) groups is 1. The Morgan fingerprint density at radius 3 is 2.79 bits per heavy atom. The molecule has 0 spiro atoms. The summed E-state index contributed by atoms with van der Waals surface area (Å²) >= 11 is 0. The molecule has 0 amide bonds. The van der Waals surface area contributed by atoms with Gasteiger partial charge in [-0.1, -0.05) is 0 Å². The van der Waals surface area contributed by atoms with Crippen molar-refractivity contribution in [2.45, 2.75) is 19.8 Å². The summed E-state index contributed by atoms with van der Waals surface area (Å²) in [5, 5.41) is 8.88. The molecule has 0 aromatic rings. The molecule has 1 atom stereocenters. The monoisotopic (exact) mass is 197 g/mol. The minimum Gasteiger partial charge on any atom is -0.465 e. The van der Waals surface area contributed by atoms with Gasteiger partial charge in [-0.05, 0) is 25.7 Å². The highest BCUT2D eigenvalue weighted by Crippen LogP contribution is 2.24. The van der Waals surface area contributed by atoms with Gasteiger partial charge in [0.2, 0.25) is 0 Å². The first-order valence-corrected chi connectivity index (χ1v) is 4.93. The zero-order valence-electron chi connectivity index (χ0n) is 8.36. The fourth-order valence-corrected chi connectivity index (χ4v) is 1.63. The lowest BCUT2D eigenvalue weighted by atomic mass is 9.87. The number of esters is 1. The quantitative estimate of drug-likeness (QED) is 0.636. The molecule has 0 N–H and O–H groups in total. The predicted molar refractivity (Wildman–Crippen MR) is 49.3 cm³/mol. The summed E-state index contributed by atoms with van der Waals surface area (Å²) in [5.74, 6) is -0.895. The molecule has 0 radical (unpaired) electrons. The molecule has 78 valence electrons. The SMILES string of the molecule is CCOC(=O)C(C#N)C1CCOCC1. The summed E-state index contributed by atoms with van der Waals surface area (Å²) in [6, 6.07) is 2.03. The molecule has 1 aliphatic heterocycles. The van der Waals surface area contributed by atoms with Crippen molar-refractivity contribution in [1.29, 1.82) is 5.26 Å². The number of nitriles is 1. The Morgan fingerprint density at radius 2 is 2.29 bits per heavy atom. The van der Waals surface area contributed by atoms with E-state index in [4.69, 9.17) is 14.7 Å². The van der Waals surface area contributed by atoms with Gasteiger partial charge < -0.3 is 9.47 Å². The lowest BCUT2D eigenvalue weighted by molar-refractivity contribution is -0.148. The van der Waals surface area contributed by atoms with Crippen LogP contribution in [0.2, 0.25) is 0 Å². The maximum absolute atomic E-state index is 11.4. The maximum atomic E-state index is 11.4. The molecule has 1 rings (SSSR count). The first kappa shape index (κ1) is 11.0. The van der Waals surface area contributed by atoms with Crippen LogP contribution in [-0.2, 0) is 14.3 Å². The average Bonchev–Trinajstić information content (AvgIpc) is 2.21. The fraction of sp³-hybridized carbons (Fsp3) is 0.800. The van der Waals surface area contributed by atoms with Crippen molar-refractivity contribution in [3.8, 4) is 6.07 Å². The molecule has 0 bridgehead atoms. The Balaban J connectivity index is 2.52. The van der Waals surface area contributed by atoms with Crippen LogP contribution in [0.15, 0.2) is 0 Å². The second-order valence-electron chi connectivity index (χ2n) is 3.31. The van der Waals surface area contributed by atoms with Gasteiger partial charge in [0.25, 0.3) is 0 Å². The summed E-state index contributed by atoms with van der Waals surface area (Å²) in [4.78, 5) is 11.4. The molecule has 1 aliphatic rings. The van der Waals surface area contributed by atoms with E-state index >= 15 is 0 Å². The molecule has 0 aromatic heterocycles. The molecular weight excluding hydrogens is 182 g/mol. The molecule has 1 heterocycles. The molecule has 1 fully saturated rings. The van der Waals surface area contributed by atoms with E-state index in [0.29, 0.717) is 19.8 Å². The van der Waals surface area contributed by atoms with Crippen LogP contribution < -0.4 is 0 Å². The van der Waals surface area contributed by atoms with E-state index in [0.717, 1.165) is 12.8 Å². The van der Waals surface area contributed by atoms with Crippen molar-refractivity contribution in [3.05, 3.63) is 0 Å². The highest BCUT2D eigenvalue weighted by atomic mass is 16.5. The van der Waals surface area contributed by atoms with Gasteiger partial charge in [-0.15, -0.1) is 0 Å². The second-order valence-corrected chi connectivity index (χ2v) is 3.31. The number of rotatable bonds is 3. The van der Waals surface area contributed by atoms with E-state index < -0.39 is 5.92 Å². The first-order chi connectivity index (χ1) is 6.79. The predicted octanol–water partition coefficient (Wildman–Crippen LogP) is 1.12. The van der Waals surface area contributed by atoms with Gasteiger partial charge in [0.05, 0.1) is 12.7 Å². The van der Waals surface area contributed by atoms with E-state index in [-0.39, 0.29) is 11.9 Å². The highest BCUT2D eigenvalue weighted by molar-refractivity contribution is 5.75. The minimum atomic E-state index is -0.612. The van der Waals surface area contributed by atoms with Crippen LogP contribution in [-0.4, -0.2) is 25.8 Å². The van der Waals surface area contributed by atoms with Crippen molar-refractivity contribution in [2.24, 2.45) is 11.8 Å². The van der Waals surface area contributed by atoms with Crippen LogP contribution in [0.3, 0.4) is 0 Å². The van der Waals surface area contributed by atoms with Crippen molar-refractivity contribution < 1.29 is 14.3 Å². The van der Waals surface area contributed by atoms with Crippen molar-refractivity contribution >= 4 is 5.97 Å². The molecule has 0 aliphatic carbocycles. The smallest absolute Gasteiger partial charge is 0.323 e. The Labute approximate surface area is 83.8 Å². The lowest BCUT2D eigenvalue weighted by Gasteiger charge is -2.24. The molecule has 0 aromatic carbocycles. The van der Waals surface area contributed by atoms with Gasteiger partial charge >= 0.3 is 5.97 Å². The Bertz CT molecular complexity index is 228. The van der Waals surface area contributed by atoms with Gasteiger partial charge in [-0.25, -0.2) is 0 Å². The van der Waals surface area contributed by atoms with Crippen LogP contribution >= 0.6 is 0 Å². The van der Waals surface area contributed by atoms with Gasteiger partial charge in [-0.2, -0.15) is 5.26 Å². The van der Waals surface area contributed by atoms with E-state index in [9.17, 15) is 4.79 Å². The summed E-state index contributed by atoms with van der Waals surface area (Å²) < 4.78 is 10.0. The number of nitrogens with zero attached hydrogens (tertiary/aromatic N) is 1. The number of hydrogen-bond acceptors (Lipinski definition) is 4. The van der Waals surface area contributed by atoms with E-state index in [2.05, 4.69) is 0 Å². The topological polar surface area (TPSA) is 59.3 Å². The summed E-state index contributed by atoms with van der Waals surface area (Å²) in [7, 11) is 0. The number of ether oxygens (including phenoxy) is 2. The molecule has 0 saturated carbocycles. The Morgan fingerprint density at radius 1 is 1.64 bits per heavy atom. The van der Waals surface area contributed by atoms with Crippen LogP contribution in [0.4, 0.5) is 0 Å². The van der Waals surface area contributed by atoms with Crippen LogP contribution in [0, 0.1) is 23.2 Å². The molecule has 1 saturated heterocycles. The van der Waals surface area contributed by atoms with Crippen LogP contribution in [0.25, 0.3) is 0 Å². The normalized spacial score (nSPS) is 19.7. The zero-order chi connectivity index (χ0) is 10.4. The van der Waals surface area contributed by atoms with E-state index in [1.54, 1.807) is 6.92 Å². The van der Waals surface area contributed by atoms with Gasteiger partial charge in [0.15, 0.2) is 0 Å². The summed E-state index contributed by atoms with van der Waals surface area (Å²) in [6.07, 6.45) is 1.55. The summed E-state index contributed by atoms with van der Waals surface area (Å²) in [5.41, 5.74) is 0. The van der Waals surface area contributed by atoms with Crippen molar-refractivity contribution in [3.63, 3.8) is 0 Å². The third kappa shape index (κ3) is 2.71. The van der Waals surface area contributed by atoms with Crippen LogP contribution in [0.1, 0.15) is 19.8 Å². The molecule has 1 unspecified atom stereocenters. The van der Waals surface area contributed by atoms with Gasteiger partial charge in [-0.3, -0.25) is 4.79 Å². The largest absolute Gasteiger partial charge is 0.465 e. The fourth-order valence-electron chi connectivity index (χ4n) is 1.63. The molecule has 4 heteroatoms. The molecular formula is C10H15NO3. The zero-order valence-corrected chi connectivity index (χ0v) is 8.36. The summed E-state index contributed by atoms with van der Waals surface area (Å²) in [6.45, 7) is 3.36. The van der Waals surface area contributed by atoms with Crippen LogP contribution in [0.5, 0.6) is 0 Å². The highest BCUT2D eigenvalue weighted by Gasteiger charge is 2.30. The number of carbonyl (C=O) groups excluding carboxylic acids is 1. The average molecular weight is 197 g/mol. The van der Waals surface area contributed by atoms with Gasteiger partial charge in [0, 0.05) is 13.2 Å². The molecule has 4 nitrogen and oxygen atoms in total. The second kappa shape index (κ2) is 5.61. The number of hydrogen-bond donors (Lipinski definition) is 0. The van der Waals surface area contributed by atoms with Crippen molar-refractivity contribution in [2.75, 3.05) is 19.8 Å². The molecule has 14 heavy (non-hydrogen) atoms. The maximum Gasteiger partial charge on any atom is 0.323 e. The third-order valence-corrected chi connectivity index (χ3v) is 2.42. The van der Waals surface area contributed by atoms with Gasteiger partial charge in [0.1, 0.15) is 5.92 Å². The Kier molecular flexibility index (Phi) is 4.41. The minimum absolute atomic E-state index is 0.104. The van der Waals surface area contributed by atoms with E-state index in [1.165, 1.54) is 0 Å². The van der Waals surface area contributed by atoms with E-state index in [1.807, 2.05) is 6.07 Å². The Hall–Kier alpha value is -1.08. The van der Waals surface area contributed by atoms with Crippen molar-refractivity contribution in [1.82, 2.24) is 0 Å². The third-order valence-electron chi connectivity index (χ3n) is 2.42. The lowest BCUT2D eigenvalue weighted by Crippen LogP contribution is -2.29.